The number of rotatable bonds is 4. The quantitative estimate of drug-likeness (QED) is 0.176. The van der Waals surface area contributed by atoms with Crippen molar-refractivity contribution in [3.63, 3.8) is 0 Å². The fourth-order valence-electron chi connectivity index (χ4n) is 10.8. The Morgan fingerprint density at radius 2 is 0.828 bits per heavy atom. The van der Waals surface area contributed by atoms with Crippen LogP contribution < -0.4 is 9.80 Å². The predicted molar refractivity (Wildman–Crippen MR) is 258 cm³/mol. The number of nitriles is 2. The minimum absolute atomic E-state index is 0.0299. The van der Waals surface area contributed by atoms with Gasteiger partial charge >= 0.3 is 0 Å². The first-order valence-corrected chi connectivity index (χ1v) is 21.7. The molecule has 9 aromatic rings. The minimum Gasteiger partial charge on any atom is -0.310 e. The monoisotopic (exact) mass is 820 g/mol. The van der Waals surface area contributed by atoms with Crippen molar-refractivity contribution in [3.05, 3.63) is 203 Å². The van der Waals surface area contributed by atoms with Crippen LogP contribution in [-0.4, -0.2) is 9.97 Å². The van der Waals surface area contributed by atoms with E-state index in [1.54, 1.807) is 0 Å². The van der Waals surface area contributed by atoms with Crippen LogP contribution in [0, 0.1) is 22.7 Å². The van der Waals surface area contributed by atoms with Crippen molar-refractivity contribution in [2.75, 3.05) is 9.80 Å². The van der Waals surface area contributed by atoms with Crippen LogP contribution in [0.1, 0.15) is 61.3 Å². The maximum absolute atomic E-state index is 10.0. The molecule has 0 bridgehead atoms. The zero-order valence-corrected chi connectivity index (χ0v) is 35.8. The molecule has 64 heavy (non-hydrogen) atoms. The molecule has 0 atom stereocenters. The Morgan fingerprint density at radius 3 is 1.27 bits per heavy atom. The third kappa shape index (κ3) is 5.17. The number of hydrogen-bond acceptors (Lipinski definition) is 6. The number of anilines is 6. The van der Waals surface area contributed by atoms with E-state index in [2.05, 4.69) is 213 Å². The molecule has 0 amide bonds. The second-order valence-corrected chi connectivity index (χ2v) is 18.0. The van der Waals surface area contributed by atoms with Crippen molar-refractivity contribution in [2.24, 2.45) is 0 Å². The molecule has 2 aliphatic heterocycles. The van der Waals surface area contributed by atoms with E-state index in [1.165, 1.54) is 45.0 Å². The number of hydrogen-bond donors (Lipinski definition) is 0. The number of aromatic nitrogens is 2. The van der Waals surface area contributed by atoms with E-state index in [9.17, 15) is 10.5 Å². The highest BCUT2D eigenvalue weighted by Crippen LogP contribution is 2.55. The first kappa shape index (κ1) is 37.4. The van der Waals surface area contributed by atoms with Crippen molar-refractivity contribution in [2.45, 2.75) is 38.5 Å². The van der Waals surface area contributed by atoms with E-state index in [1.807, 2.05) is 6.07 Å². The van der Waals surface area contributed by atoms with Gasteiger partial charge in [0.05, 0.1) is 34.1 Å². The molecule has 0 unspecified atom stereocenters. The Kier molecular flexibility index (Phi) is 7.95. The molecule has 0 saturated carbocycles. The summed E-state index contributed by atoms with van der Waals surface area (Å²) in [4.78, 5) is 14.3. The van der Waals surface area contributed by atoms with Crippen LogP contribution in [-0.2, 0) is 10.8 Å². The lowest BCUT2D eigenvalue weighted by Crippen LogP contribution is -2.30. The van der Waals surface area contributed by atoms with E-state index in [0.29, 0.717) is 11.4 Å². The lowest BCUT2D eigenvalue weighted by molar-refractivity contribution is 0.632. The highest BCUT2D eigenvalue weighted by Gasteiger charge is 2.38. The smallest absolute Gasteiger partial charge is 0.177 e. The summed E-state index contributed by atoms with van der Waals surface area (Å²) in [6.07, 6.45) is 0. The number of nitrogens with zero attached hydrogens (tertiary/aromatic N) is 6. The fourth-order valence-corrected chi connectivity index (χ4v) is 10.8. The van der Waals surface area contributed by atoms with Gasteiger partial charge in [-0.2, -0.15) is 10.5 Å². The topological polar surface area (TPSA) is 79.8 Å². The second kappa shape index (κ2) is 13.6. The van der Waals surface area contributed by atoms with Crippen LogP contribution in [0.15, 0.2) is 170 Å². The minimum atomic E-state index is -0.156. The van der Waals surface area contributed by atoms with Gasteiger partial charge in [0, 0.05) is 38.7 Å². The average Bonchev–Trinajstić information content (AvgIpc) is 3.64. The third-order valence-electron chi connectivity index (χ3n) is 13.9. The molecule has 1 aromatic heterocycles. The summed E-state index contributed by atoms with van der Waals surface area (Å²) in [6.45, 7) is 9.24. The third-order valence-corrected chi connectivity index (χ3v) is 13.9. The normalized spacial score (nSPS) is 14.4. The number of benzene rings is 8. The van der Waals surface area contributed by atoms with E-state index in [0.717, 1.165) is 55.5 Å². The SMILES string of the molecule is CC1(C)c2ccccc2N(c2ccc(-c3cc4c5c(cccc5c3-c3ccc(N5c6ccccc6C(C)(C)c6ccccc65)cc3)-c3nc(C#N)c(C#N)nc3-4)cc2)c2ccccc21. The maximum atomic E-state index is 10.0. The van der Waals surface area contributed by atoms with Gasteiger partial charge in [0.1, 0.15) is 12.1 Å². The van der Waals surface area contributed by atoms with E-state index in [-0.39, 0.29) is 22.2 Å². The van der Waals surface area contributed by atoms with Crippen LogP contribution in [0.25, 0.3) is 55.5 Å². The summed E-state index contributed by atoms with van der Waals surface area (Å²) in [5.41, 5.74) is 19.1. The van der Waals surface area contributed by atoms with E-state index >= 15 is 0 Å². The van der Waals surface area contributed by atoms with Crippen LogP contribution in [0.4, 0.5) is 34.1 Å². The van der Waals surface area contributed by atoms with Crippen molar-refractivity contribution < 1.29 is 0 Å². The van der Waals surface area contributed by atoms with Crippen molar-refractivity contribution in [3.8, 4) is 56.9 Å². The Bertz CT molecular complexity index is 3430. The molecule has 6 nitrogen and oxygen atoms in total. The van der Waals surface area contributed by atoms with Gasteiger partial charge in [0.15, 0.2) is 11.4 Å². The Balaban J connectivity index is 1.05. The molecule has 0 fully saturated rings. The summed E-state index contributed by atoms with van der Waals surface area (Å²) in [5.74, 6) is 0. The van der Waals surface area contributed by atoms with Gasteiger partial charge < -0.3 is 9.80 Å². The van der Waals surface area contributed by atoms with Gasteiger partial charge in [0.2, 0.25) is 0 Å². The molecule has 0 spiro atoms. The molecular weight excluding hydrogens is 781 g/mol. The van der Waals surface area contributed by atoms with Crippen molar-refractivity contribution >= 4 is 44.9 Å². The zero-order valence-electron chi connectivity index (χ0n) is 35.8. The highest BCUT2D eigenvalue weighted by atomic mass is 15.2. The molecule has 3 aliphatic rings. The molecule has 1 aliphatic carbocycles. The van der Waals surface area contributed by atoms with Gasteiger partial charge in [-0.25, -0.2) is 9.97 Å². The number of para-hydroxylation sites is 4. The lowest BCUT2D eigenvalue weighted by Gasteiger charge is -2.42. The average molecular weight is 821 g/mol. The predicted octanol–water partition coefficient (Wildman–Crippen LogP) is 14.6. The van der Waals surface area contributed by atoms with Crippen LogP contribution in [0.5, 0.6) is 0 Å². The van der Waals surface area contributed by atoms with Crippen molar-refractivity contribution in [1.29, 1.82) is 10.5 Å². The molecule has 0 radical (unpaired) electrons. The molecule has 3 heterocycles. The highest BCUT2D eigenvalue weighted by molar-refractivity contribution is 6.20. The largest absolute Gasteiger partial charge is 0.310 e. The van der Waals surface area contributed by atoms with E-state index < -0.39 is 0 Å². The van der Waals surface area contributed by atoms with Crippen LogP contribution >= 0.6 is 0 Å². The summed E-state index contributed by atoms with van der Waals surface area (Å²) in [5, 5.41) is 22.1. The molecule has 12 rings (SSSR count). The molecule has 0 N–H and O–H groups in total. The number of fused-ring (bicyclic) bond motifs is 7. The molecular formula is C58H40N6. The summed E-state index contributed by atoms with van der Waals surface area (Å²) >= 11 is 0. The molecule has 6 heteroatoms. The summed E-state index contributed by atoms with van der Waals surface area (Å²) in [6, 6.07) is 65.5. The Morgan fingerprint density at radius 1 is 0.422 bits per heavy atom. The molecule has 302 valence electrons. The first-order chi connectivity index (χ1) is 31.2. The van der Waals surface area contributed by atoms with Gasteiger partial charge in [0.25, 0.3) is 0 Å². The lowest BCUT2D eigenvalue weighted by atomic mass is 9.73. The van der Waals surface area contributed by atoms with Crippen LogP contribution in [0.2, 0.25) is 0 Å². The summed E-state index contributed by atoms with van der Waals surface area (Å²) < 4.78 is 0. The van der Waals surface area contributed by atoms with Gasteiger partial charge in [-0.05, 0) is 104 Å². The van der Waals surface area contributed by atoms with Gasteiger partial charge in [-0.1, -0.05) is 143 Å². The maximum Gasteiger partial charge on any atom is 0.177 e. The zero-order chi connectivity index (χ0) is 43.5. The fraction of sp³-hybridized carbons (Fsp3) is 0.103. The van der Waals surface area contributed by atoms with Crippen LogP contribution in [0.3, 0.4) is 0 Å². The molecule has 8 aromatic carbocycles. The summed E-state index contributed by atoms with van der Waals surface area (Å²) in [7, 11) is 0. The van der Waals surface area contributed by atoms with Gasteiger partial charge in [-0.15, -0.1) is 0 Å². The van der Waals surface area contributed by atoms with E-state index in [4.69, 9.17) is 9.97 Å². The second-order valence-electron chi connectivity index (χ2n) is 18.0. The standard InChI is InChI=1S/C58H40N6/c1-57(2)43-16-5-9-20-49(43)63(50-21-10-6-17-44(50)57)37-28-24-35(25-29-37)41-32-42-54-39(14-13-15-40(54)55-56(42)62-48(34-60)47(33-59)61-55)53(41)36-26-30-38(31-27-36)64-51-22-11-7-18-45(51)58(3,4)46-19-8-12-23-52(46)64/h5-32H,1-4H3. The molecule has 0 saturated heterocycles. The van der Waals surface area contributed by atoms with Gasteiger partial charge in [-0.3, -0.25) is 0 Å². The Hall–Kier alpha value is -8.32. The Labute approximate surface area is 372 Å². The first-order valence-electron chi connectivity index (χ1n) is 21.7. The van der Waals surface area contributed by atoms with Crippen molar-refractivity contribution in [1.82, 2.24) is 9.97 Å².